The van der Waals surface area contributed by atoms with Crippen molar-refractivity contribution in [2.75, 3.05) is 18.8 Å². The molecule has 0 spiro atoms. The molecule has 0 bridgehead atoms. The second kappa shape index (κ2) is 8.67. The molecule has 1 aromatic carbocycles. The molecule has 0 saturated heterocycles. The van der Waals surface area contributed by atoms with Crippen molar-refractivity contribution < 1.29 is 26.3 Å². The minimum atomic E-state index is -4.86. The lowest BCUT2D eigenvalue weighted by atomic mass is 10.2. The fourth-order valence-corrected chi connectivity index (χ4v) is 4.88. The van der Waals surface area contributed by atoms with E-state index in [1.54, 1.807) is 18.2 Å². The maximum absolute atomic E-state index is 13.0. The number of nitrogens with zero attached hydrogens (tertiary/aromatic N) is 1. The van der Waals surface area contributed by atoms with Gasteiger partial charge in [-0.1, -0.05) is 25.5 Å². The zero-order valence-corrected chi connectivity index (χ0v) is 16.8. The van der Waals surface area contributed by atoms with Crippen molar-refractivity contribution in [2.24, 2.45) is 5.73 Å². The zero-order valence-electron chi connectivity index (χ0n) is 15.9. The zero-order chi connectivity index (χ0) is 21.0. The molecule has 2 atom stereocenters. The van der Waals surface area contributed by atoms with Gasteiger partial charge < -0.3 is 10.5 Å². The summed E-state index contributed by atoms with van der Waals surface area (Å²) in [6.07, 6.45) is 1.20. The van der Waals surface area contributed by atoms with Crippen LogP contribution in [-0.2, 0) is 10.0 Å². The van der Waals surface area contributed by atoms with Crippen LogP contribution in [0.15, 0.2) is 48.2 Å². The van der Waals surface area contributed by atoms with Crippen LogP contribution in [0.25, 0.3) is 0 Å². The van der Waals surface area contributed by atoms with Gasteiger partial charge in [-0.25, -0.2) is 0 Å². The molecule has 0 aliphatic carbocycles. The second-order valence-electron chi connectivity index (χ2n) is 6.84. The van der Waals surface area contributed by atoms with Gasteiger partial charge in [0, 0.05) is 24.3 Å². The highest BCUT2D eigenvalue weighted by atomic mass is 32.2. The molecule has 9 heteroatoms. The Hall–Kier alpha value is -1.84. The Morgan fingerprint density at radius 2 is 2.04 bits per heavy atom. The van der Waals surface area contributed by atoms with Crippen LogP contribution in [0.5, 0.6) is 5.75 Å². The van der Waals surface area contributed by atoms with Gasteiger partial charge in [0.1, 0.15) is 18.5 Å². The molecule has 0 amide bonds. The third kappa shape index (κ3) is 5.15. The third-order valence-electron chi connectivity index (χ3n) is 4.45. The van der Waals surface area contributed by atoms with Gasteiger partial charge in [-0.2, -0.15) is 25.5 Å². The Labute approximate surface area is 163 Å². The van der Waals surface area contributed by atoms with E-state index in [1.807, 2.05) is 13.8 Å². The number of rotatable bonds is 8. The average Bonchev–Trinajstić information content (AvgIpc) is 2.60. The number of quaternary nitrogens is 1. The molecule has 5 nitrogen and oxygen atoms in total. The summed E-state index contributed by atoms with van der Waals surface area (Å²) < 4.78 is 69.7. The fraction of sp³-hybridized carbons (Fsp3) is 0.474. The van der Waals surface area contributed by atoms with Crippen molar-refractivity contribution in [2.45, 2.75) is 39.0 Å². The van der Waals surface area contributed by atoms with Crippen LogP contribution in [0.2, 0.25) is 0 Å². The van der Waals surface area contributed by atoms with E-state index in [2.05, 4.69) is 0 Å². The first-order valence-electron chi connectivity index (χ1n) is 9.06. The number of halogens is 3. The fourth-order valence-electron chi connectivity index (χ4n) is 3.19. The molecule has 28 heavy (non-hydrogen) atoms. The first-order valence-corrected chi connectivity index (χ1v) is 10.7. The molecule has 2 rings (SSSR count). The highest BCUT2D eigenvalue weighted by molar-refractivity contribution is 7.91. The Bertz CT molecular complexity index is 850. The van der Waals surface area contributed by atoms with Gasteiger partial charge in [-0.05, 0) is 25.5 Å². The summed E-state index contributed by atoms with van der Waals surface area (Å²) in [5.74, 6) is -1.52. The predicted octanol–water partition coefficient (Wildman–Crippen LogP) is 3.87. The lowest BCUT2D eigenvalue weighted by Gasteiger charge is -2.34. The van der Waals surface area contributed by atoms with E-state index in [9.17, 15) is 21.6 Å². The van der Waals surface area contributed by atoms with E-state index in [1.165, 1.54) is 24.4 Å². The summed E-state index contributed by atoms with van der Waals surface area (Å²) in [5.41, 5.74) is 6.26. The summed E-state index contributed by atoms with van der Waals surface area (Å²) in [5, 5.41) is 0. The van der Waals surface area contributed by atoms with Crippen molar-refractivity contribution in [3.05, 3.63) is 48.2 Å². The lowest BCUT2D eigenvalue weighted by molar-refractivity contribution is -0.106. The maximum Gasteiger partial charge on any atom is 0.408 e. The number of ether oxygens (including phenoxy) is 1. The van der Waals surface area contributed by atoms with Crippen LogP contribution < -0.4 is 14.4 Å². The molecule has 2 unspecified atom stereocenters. The van der Waals surface area contributed by atoms with Crippen molar-refractivity contribution in [3.63, 3.8) is 0 Å². The topological polar surface area (TPSA) is 69.4 Å². The molecular formula is C19H26F3N2O3S+. The summed E-state index contributed by atoms with van der Waals surface area (Å²) in [4.78, 5) is 0. The quantitative estimate of drug-likeness (QED) is 0.650. The minimum absolute atomic E-state index is 0.0156. The number of alkyl halides is 3. The van der Waals surface area contributed by atoms with Gasteiger partial charge >= 0.3 is 16.2 Å². The molecular weight excluding hydrogens is 393 g/mol. The van der Waals surface area contributed by atoms with E-state index in [4.69, 9.17) is 10.5 Å². The molecule has 1 aromatic rings. The number of benzene rings is 1. The summed E-state index contributed by atoms with van der Waals surface area (Å²) in [7, 11) is -4.68. The van der Waals surface area contributed by atoms with Gasteiger partial charge in [0.15, 0.2) is 11.4 Å². The first-order chi connectivity index (χ1) is 13.0. The van der Waals surface area contributed by atoms with Crippen LogP contribution in [-0.4, -0.2) is 39.5 Å². The first kappa shape index (κ1) is 22.4. The third-order valence-corrected chi connectivity index (χ3v) is 6.60. The number of hydrogen-bond acceptors (Lipinski definition) is 4. The van der Waals surface area contributed by atoms with Crippen LogP contribution in [0.1, 0.15) is 26.7 Å². The smallest absolute Gasteiger partial charge is 0.408 e. The predicted molar refractivity (Wildman–Crippen MR) is 104 cm³/mol. The van der Waals surface area contributed by atoms with E-state index in [-0.39, 0.29) is 24.9 Å². The van der Waals surface area contributed by atoms with Crippen molar-refractivity contribution in [1.82, 2.24) is 3.89 Å². The average molecular weight is 419 g/mol. The Morgan fingerprint density at radius 1 is 1.32 bits per heavy atom. The summed E-state index contributed by atoms with van der Waals surface area (Å²) in [6, 6.07) is 6.23. The molecule has 1 heterocycles. The molecule has 156 valence electrons. The lowest BCUT2D eigenvalue weighted by Crippen LogP contribution is -2.54. The van der Waals surface area contributed by atoms with Gasteiger partial charge in [0.2, 0.25) is 0 Å². The number of sulfonamides is 1. The van der Waals surface area contributed by atoms with E-state index in [0.717, 1.165) is 12.8 Å². The normalized spacial score (nSPS) is 21.3. The van der Waals surface area contributed by atoms with Gasteiger partial charge in [-0.3, -0.25) is 0 Å². The maximum atomic E-state index is 13.0. The van der Waals surface area contributed by atoms with Gasteiger partial charge in [0.05, 0.1) is 6.10 Å². The molecule has 1 aliphatic heterocycles. The van der Waals surface area contributed by atoms with E-state index >= 15 is 0 Å². The Kier molecular flexibility index (Phi) is 6.95. The molecule has 2 N–H and O–H groups in total. The second-order valence-corrected chi connectivity index (χ2v) is 8.95. The highest BCUT2D eigenvalue weighted by Crippen LogP contribution is 2.37. The number of hydrogen-bond donors (Lipinski definition) is 1. The standard InChI is InChI=1S/C19H26F3N2O3S/c1-3-6-15(2)27-18-9-4-8-17(11-18)24(10-5-7-16(12-23)13-24)28(25,26)14-19(20,21)22/h4-5,7-9,11,13,15H,3,6,10,12,14,23H2,1-2H3/q+1. The van der Waals surface area contributed by atoms with E-state index in [0.29, 0.717) is 11.3 Å². The minimum Gasteiger partial charge on any atom is -0.490 e. The Morgan fingerprint density at radius 3 is 2.64 bits per heavy atom. The molecule has 0 radical (unpaired) electrons. The highest BCUT2D eigenvalue weighted by Gasteiger charge is 2.50. The van der Waals surface area contributed by atoms with Gasteiger partial charge in [-0.15, -0.1) is 0 Å². The van der Waals surface area contributed by atoms with Gasteiger partial charge in [0.25, 0.3) is 0 Å². The van der Waals surface area contributed by atoms with Crippen LogP contribution in [0, 0.1) is 0 Å². The molecule has 0 saturated carbocycles. The number of nitrogens with two attached hydrogens (primary N) is 1. The van der Waals surface area contributed by atoms with Crippen LogP contribution in [0.3, 0.4) is 0 Å². The summed E-state index contributed by atoms with van der Waals surface area (Å²) in [6.45, 7) is 3.76. The van der Waals surface area contributed by atoms with Crippen LogP contribution >= 0.6 is 0 Å². The van der Waals surface area contributed by atoms with Crippen LogP contribution in [0.4, 0.5) is 18.9 Å². The summed E-state index contributed by atoms with van der Waals surface area (Å²) >= 11 is 0. The van der Waals surface area contributed by atoms with Crippen molar-refractivity contribution >= 4 is 15.7 Å². The molecule has 0 fully saturated rings. The largest absolute Gasteiger partial charge is 0.490 e. The molecule has 0 aromatic heterocycles. The van der Waals surface area contributed by atoms with Crippen molar-refractivity contribution in [3.8, 4) is 5.75 Å². The van der Waals surface area contributed by atoms with E-state index < -0.39 is 25.8 Å². The Balaban J connectivity index is 2.56. The van der Waals surface area contributed by atoms with Crippen molar-refractivity contribution in [1.29, 1.82) is 0 Å². The SMILES string of the molecule is CCCC(C)Oc1cccc([N+]2(S(=O)(=O)CC(F)(F)F)C=C(CN)C=CC2)c1. The molecule has 1 aliphatic rings. The monoisotopic (exact) mass is 419 g/mol.